The van der Waals surface area contributed by atoms with Crippen molar-refractivity contribution in [3.8, 4) is 5.69 Å². The first-order chi connectivity index (χ1) is 9.61. The van der Waals surface area contributed by atoms with Crippen LogP contribution >= 0.6 is 11.6 Å². The Morgan fingerprint density at radius 1 is 1.33 bits per heavy atom. The summed E-state index contributed by atoms with van der Waals surface area (Å²) in [6.45, 7) is 5.28. The van der Waals surface area contributed by atoms with Gasteiger partial charge in [0.1, 0.15) is 17.3 Å². The number of hydrogen-bond acceptors (Lipinski definition) is 3. The van der Waals surface area contributed by atoms with Gasteiger partial charge in [0.15, 0.2) is 5.82 Å². The van der Waals surface area contributed by atoms with Crippen molar-refractivity contribution in [2.24, 2.45) is 0 Å². The Balaban J connectivity index is 2.77. The van der Waals surface area contributed by atoms with Crippen LogP contribution in [0.5, 0.6) is 0 Å². The Bertz CT molecular complexity index is 700. The number of benzene rings is 1. The van der Waals surface area contributed by atoms with Crippen molar-refractivity contribution in [2.45, 2.75) is 26.2 Å². The van der Waals surface area contributed by atoms with E-state index in [2.05, 4.69) is 10.1 Å². The molecule has 1 N–H and O–H groups in total. The summed E-state index contributed by atoms with van der Waals surface area (Å²) in [7, 11) is 0. The van der Waals surface area contributed by atoms with Gasteiger partial charge in [0.05, 0.1) is 5.02 Å². The van der Waals surface area contributed by atoms with Crippen LogP contribution in [-0.2, 0) is 5.41 Å². The van der Waals surface area contributed by atoms with Crippen LogP contribution in [0.15, 0.2) is 12.1 Å². The van der Waals surface area contributed by atoms with Crippen LogP contribution < -0.4 is 0 Å². The summed E-state index contributed by atoms with van der Waals surface area (Å²) >= 11 is 5.86. The van der Waals surface area contributed by atoms with E-state index in [0.29, 0.717) is 6.07 Å². The first-order valence-electron chi connectivity index (χ1n) is 5.97. The van der Waals surface area contributed by atoms with Gasteiger partial charge in [-0.1, -0.05) is 32.4 Å². The van der Waals surface area contributed by atoms with E-state index in [1.807, 2.05) is 0 Å². The standard InChI is InChI=1S/C13H12ClF2N3O2/c1-13(2,3)12-17-10(11(20)21)18-19(12)9-7(14)4-6(15)5-8(9)16/h4-5H,1-3H3,(H,20,21). The predicted molar refractivity (Wildman–Crippen MR) is 71.9 cm³/mol. The third-order valence-corrected chi connectivity index (χ3v) is 2.95. The summed E-state index contributed by atoms with van der Waals surface area (Å²) < 4.78 is 28.1. The second-order valence-corrected chi connectivity index (χ2v) is 5.85. The van der Waals surface area contributed by atoms with Gasteiger partial charge < -0.3 is 5.11 Å². The van der Waals surface area contributed by atoms with E-state index in [0.717, 1.165) is 10.7 Å². The molecule has 0 saturated heterocycles. The van der Waals surface area contributed by atoms with E-state index in [4.69, 9.17) is 16.7 Å². The molecule has 2 aromatic rings. The first-order valence-corrected chi connectivity index (χ1v) is 6.35. The monoisotopic (exact) mass is 315 g/mol. The van der Waals surface area contributed by atoms with Crippen LogP contribution in [0.3, 0.4) is 0 Å². The van der Waals surface area contributed by atoms with Gasteiger partial charge in [0.2, 0.25) is 0 Å². The lowest BCUT2D eigenvalue weighted by molar-refractivity contribution is 0.0683. The summed E-state index contributed by atoms with van der Waals surface area (Å²) in [6, 6.07) is 1.57. The number of nitrogens with zero attached hydrogens (tertiary/aromatic N) is 3. The fourth-order valence-electron chi connectivity index (χ4n) is 1.78. The molecule has 21 heavy (non-hydrogen) atoms. The molecular weight excluding hydrogens is 304 g/mol. The number of rotatable bonds is 2. The molecular formula is C13H12ClF2N3O2. The number of carboxylic acids is 1. The van der Waals surface area contributed by atoms with Crippen LogP contribution in [0.25, 0.3) is 5.69 Å². The number of carbonyl (C=O) groups is 1. The summed E-state index contributed by atoms with van der Waals surface area (Å²) in [5.74, 6) is -3.42. The number of aromatic carboxylic acids is 1. The molecule has 1 aromatic carbocycles. The molecule has 8 heteroatoms. The molecule has 0 aliphatic heterocycles. The molecule has 0 bridgehead atoms. The lowest BCUT2D eigenvalue weighted by Crippen LogP contribution is -2.19. The Morgan fingerprint density at radius 3 is 2.43 bits per heavy atom. The second kappa shape index (κ2) is 5.07. The Labute approximate surface area is 124 Å². The molecule has 2 rings (SSSR count). The second-order valence-electron chi connectivity index (χ2n) is 5.44. The third kappa shape index (κ3) is 2.87. The van der Waals surface area contributed by atoms with E-state index >= 15 is 0 Å². The molecule has 0 saturated carbocycles. The zero-order chi connectivity index (χ0) is 15.9. The highest BCUT2D eigenvalue weighted by Crippen LogP contribution is 2.29. The molecule has 0 aliphatic rings. The van der Waals surface area contributed by atoms with Crippen LogP contribution in [0.2, 0.25) is 5.02 Å². The molecule has 112 valence electrons. The van der Waals surface area contributed by atoms with Crippen molar-refractivity contribution >= 4 is 17.6 Å². The number of halogens is 3. The smallest absolute Gasteiger partial charge is 0.375 e. The van der Waals surface area contributed by atoms with Gasteiger partial charge in [-0.05, 0) is 6.07 Å². The third-order valence-electron chi connectivity index (χ3n) is 2.66. The van der Waals surface area contributed by atoms with Crippen molar-refractivity contribution < 1.29 is 18.7 Å². The van der Waals surface area contributed by atoms with E-state index in [1.54, 1.807) is 20.8 Å². The highest BCUT2D eigenvalue weighted by Gasteiger charge is 2.28. The van der Waals surface area contributed by atoms with Crippen molar-refractivity contribution in [2.75, 3.05) is 0 Å². The van der Waals surface area contributed by atoms with Crippen LogP contribution in [0.1, 0.15) is 37.2 Å². The molecule has 1 aromatic heterocycles. The van der Waals surface area contributed by atoms with Crippen molar-refractivity contribution in [3.63, 3.8) is 0 Å². The van der Waals surface area contributed by atoms with Crippen molar-refractivity contribution in [1.29, 1.82) is 0 Å². The van der Waals surface area contributed by atoms with E-state index < -0.39 is 28.8 Å². The lowest BCUT2D eigenvalue weighted by Gasteiger charge is -2.19. The highest BCUT2D eigenvalue weighted by molar-refractivity contribution is 6.32. The van der Waals surface area contributed by atoms with Gasteiger partial charge >= 0.3 is 5.97 Å². The summed E-state index contributed by atoms with van der Waals surface area (Å²) in [5.41, 5.74) is -0.854. The quantitative estimate of drug-likeness (QED) is 0.924. The number of carboxylic acid groups (broad SMARTS) is 1. The molecule has 0 fully saturated rings. The fraction of sp³-hybridized carbons (Fsp3) is 0.308. The molecule has 0 spiro atoms. The molecule has 5 nitrogen and oxygen atoms in total. The Morgan fingerprint density at radius 2 is 1.95 bits per heavy atom. The van der Waals surface area contributed by atoms with Crippen LogP contribution in [-0.4, -0.2) is 25.8 Å². The Hall–Kier alpha value is -2.02. The lowest BCUT2D eigenvalue weighted by atomic mass is 9.95. The summed E-state index contributed by atoms with van der Waals surface area (Å²) in [6.07, 6.45) is 0. The van der Waals surface area contributed by atoms with Crippen molar-refractivity contribution in [3.05, 3.63) is 40.4 Å². The maximum atomic E-state index is 14.0. The molecule has 0 unspecified atom stereocenters. The van der Waals surface area contributed by atoms with Gasteiger partial charge in [0, 0.05) is 11.5 Å². The minimum atomic E-state index is -1.35. The van der Waals surface area contributed by atoms with E-state index in [1.165, 1.54) is 0 Å². The average Bonchev–Trinajstić information content (AvgIpc) is 2.71. The predicted octanol–water partition coefficient (Wildman–Crippen LogP) is 3.19. The number of aromatic nitrogens is 3. The minimum absolute atomic E-state index is 0.201. The minimum Gasteiger partial charge on any atom is -0.475 e. The normalized spacial score (nSPS) is 11.7. The summed E-state index contributed by atoms with van der Waals surface area (Å²) in [5, 5.41) is 12.5. The average molecular weight is 316 g/mol. The zero-order valence-corrected chi connectivity index (χ0v) is 12.2. The zero-order valence-electron chi connectivity index (χ0n) is 11.5. The van der Waals surface area contributed by atoms with E-state index in [9.17, 15) is 13.6 Å². The molecule has 0 aliphatic carbocycles. The Kier molecular flexibility index (Phi) is 3.71. The SMILES string of the molecule is CC(C)(C)c1nc(C(=O)O)nn1-c1c(F)cc(F)cc1Cl. The van der Waals surface area contributed by atoms with Gasteiger partial charge in [-0.25, -0.2) is 23.2 Å². The highest BCUT2D eigenvalue weighted by atomic mass is 35.5. The number of hydrogen-bond donors (Lipinski definition) is 1. The topological polar surface area (TPSA) is 68.0 Å². The summed E-state index contributed by atoms with van der Waals surface area (Å²) in [4.78, 5) is 14.9. The molecule has 1 heterocycles. The molecule has 0 atom stereocenters. The van der Waals surface area contributed by atoms with Crippen LogP contribution in [0.4, 0.5) is 8.78 Å². The maximum absolute atomic E-state index is 14.0. The molecule has 0 amide bonds. The van der Waals surface area contributed by atoms with Gasteiger partial charge in [-0.2, -0.15) is 0 Å². The first kappa shape index (κ1) is 15.4. The van der Waals surface area contributed by atoms with E-state index in [-0.39, 0.29) is 16.5 Å². The van der Waals surface area contributed by atoms with Crippen LogP contribution in [0, 0.1) is 11.6 Å². The molecule has 0 radical (unpaired) electrons. The fourth-order valence-corrected chi connectivity index (χ4v) is 2.06. The van der Waals surface area contributed by atoms with Gasteiger partial charge in [-0.3, -0.25) is 0 Å². The van der Waals surface area contributed by atoms with Gasteiger partial charge in [0.25, 0.3) is 5.82 Å². The van der Waals surface area contributed by atoms with Crippen molar-refractivity contribution in [1.82, 2.24) is 14.8 Å². The maximum Gasteiger partial charge on any atom is 0.375 e. The largest absolute Gasteiger partial charge is 0.475 e. The van der Waals surface area contributed by atoms with Gasteiger partial charge in [-0.15, -0.1) is 5.10 Å².